The molecular weight excluding hydrogens is 338 g/mol. The minimum Gasteiger partial charge on any atom is -0.352 e. The topological polar surface area (TPSA) is 61.4 Å². The van der Waals surface area contributed by atoms with Gasteiger partial charge in [-0.15, -0.1) is 12.4 Å². The summed E-state index contributed by atoms with van der Waals surface area (Å²) in [7, 11) is 0. The summed E-state index contributed by atoms with van der Waals surface area (Å²) in [5.41, 5.74) is 0. The summed E-state index contributed by atoms with van der Waals surface area (Å²) in [6.45, 7) is 3.71. The van der Waals surface area contributed by atoms with Crippen molar-refractivity contribution < 1.29 is 9.59 Å². The minimum atomic E-state index is 0. The monoisotopic (exact) mass is 371 g/mol. The van der Waals surface area contributed by atoms with Crippen molar-refractivity contribution in [3.05, 3.63) is 0 Å². The predicted octanol–water partition coefficient (Wildman–Crippen LogP) is 2.49. The molecule has 5 nitrogen and oxygen atoms in total. The number of hydrogen-bond donors (Lipinski definition) is 2. The number of nitrogens with one attached hydrogen (secondary N) is 2. The summed E-state index contributed by atoms with van der Waals surface area (Å²) in [5.74, 6) is 1.45. The van der Waals surface area contributed by atoms with Gasteiger partial charge in [-0.3, -0.25) is 9.59 Å². The number of hydrogen-bond acceptors (Lipinski definition) is 3. The molecule has 0 aromatic heterocycles. The van der Waals surface area contributed by atoms with E-state index in [9.17, 15) is 9.59 Å². The summed E-state index contributed by atoms with van der Waals surface area (Å²) in [5, 5.41) is 6.52. The molecule has 25 heavy (non-hydrogen) atoms. The number of nitrogens with zero attached hydrogens (tertiary/aromatic N) is 1. The van der Waals surface area contributed by atoms with Crippen molar-refractivity contribution in [2.75, 3.05) is 26.2 Å². The van der Waals surface area contributed by atoms with Crippen LogP contribution in [0.15, 0.2) is 0 Å². The maximum Gasteiger partial charge on any atom is 0.225 e. The van der Waals surface area contributed by atoms with Crippen molar-refractivity contribution in [2.24, 2.45) is 11.8 Å². The quantitative estimate of drug-likeness (QED) is 0.780. The average Bonchev–Trinajstić information content (AvgIpc) is 3.09. The lowest BCUT2D eigenvalue weighted by Gasteiger charge is -2.26. The Morgan fingerprint density at radius 3 is 2.44 bits per heavy atom. The highest BCUT2D eigenvalue weighted by Crippen LogP contribution is 2.27. The van der Waals surface area contributed by atoms with E-state index in [0.717, 1.165) is 45.3 Å². The normalized spacial score (nSPS) is 25.4. The van der Waals surface area contributed by atoms with Gasteiger partial charge >= 0.3 is 0 Å². The molecule has 0 radical (unpaired) electrons. The van der Waals surface area contributed by atoms with E-state index in [2.05, 4.69) is 10.6 Å². The summed E-state index contributed by atoms with van der Waals surface area (Å²) < 4.78 is 0. The Labute approximate surface area is 158 Å². The molecule has 2 saturated heterocycles. The van der Waals surface area contributed by atoms with Gasteiger partial charge in [-0.2, -0.15) is 0 Å². The minimum absolute atomic E-state index is 0. The first kappa shape index (κ1) is 20.5. The van der Waals surface area contributed by atoms with Crippen molar-refractivity contribution in [1.29, 1.82) is 0 Å². The molecule has 1 aliphatic carbocycles. The van der Waals surface area contributed by atoms with Gasteiger partial charge in [0.15, 0.2) is 0 Å². The molecule has 2 heterocycles. The molecule has 2 aliphatic heterocycles. The fraction of sp³-hybridized carbons (Fsp3) is 0.895. The zero-order valence-electron chi connectivity index (χ0n) is 15.3. The van der Waals surface area contributed by atoms with Crippen LogP contribution in [0.1, 0.15) is 64.2 Å². The van der Waals surface area contributed by atoms with E-state index in [4.69, 9.17) is 0 Å². The number of likely N-dealkylation sites (tertiary alicyclic amines) is 1. The predicted molar refractivity (Wildman–Crippen MR) is 102 cm³/mol. The maximum atomic E-state index is 12.6. The van der Waals surface area contributed by atoms with Crippen molar-refractivity contribution in [3.63, 3.8) is 0 Å². The smallest absolute Gasteiger partial charge is 0.225 e. The van der Waals surface area contributed by atoms with Gasteiger partial charge in [-0.05, 0) is 57.5 Å². The van der Waals surface area contributed by atoms with Gasteiger partial charge in [0.05, 0.1) is 0 Å². The summed E-state index contributed by atoms with van der Waals surface area (Å²) in [6, 6.07) is 0.165. The summed E-state index contributed by atoms with van der Waals surface area (Å²) in [4.78, 5) is 26.8. The van der Waals surface area contributed by atoms with Gasteiger partial charge in [0.1, 0.15) is 0 Å². The molecule has 6 heteroatoms. The molecule has 144 valence electrons. The third-order valence-electron chi connectivity index (χ3n) is 6.06. The van der Waals surface area contributed by atoms with Crippen LogP contribution >= 0.6 is 12.4 Å². The zero-order valence-corrected chi connectivity index (χ0v) is 16.1. The second kappa shape index (κ2) is 10.4. The second-order valence-corrected chi connectivity index (χ2v) is 7.90. The van der Waals surface area contributed by atoms with Gasteiger partial charge < -0.3 is 15.5 Å². The molecule has 1 unspecified atom stereocenters. The van der Waals surface area contributed by atoms with Crippen molar-refractivity contribution >= 4 is 24.2 Å². The van der Waals surface area contributed by atoms with Crippen LogP contribution in [0.25, 0.3) is 0 Å². The Morgan fingerprint density at radius 1 is 1.00 bits per heavy atom. The fourth-order valence-electron chi connectivity index (χ4n) is 4.49. The molecule has 2 amide bonds. The van der Waals surface area contributed by atoms with E-state index in [1.165, 1.54) is 32.1 Å². The lowest BCUT2D eigenvalue weighted by molar-refractivity contribution is -0.135. The first-order chi connectivity index (χ1) is 11.7. The Bertz CT molecular complexity index is 434. The van der Waals surface area contributed by atoms with E-state index in [1.54, 1.807) is 0 Å². The van der Waals surface area contributed by atoms with E-state index in [1.807, 2.05) is 4.90 Å². The molecule has 2 N–H and O–H groups in total. The third-order valence-corrected chi connectivity index (χ3v) is 6.06. The maximum absolute atomic E-state index is 12.6. The summed E-state index contributed by atoms with van der Waals surface area (Å²) in [6.07, 6.45) is 10.7. The van der Waals surface area contributed by atoms with Crippen LogP contribution in [-0.4, -0.2) is 48.9 Å². The number of halogens is 1. The van der Waals surface area contributed by atoms with Crippen LogP contribution in [0.4, 0.5) is 0 Å². The first-order valence-electron chi connectivity index (χ1n) is 10.0. The largest absolute Gasteiger partial charge is 0.352 e. The highest BCUT2D eigenvalue weighted by atomic mass is 35.5. The van der Waals surface area contributed by atoms with Crippen LogP contribution in [0.2, 0.25) is 0 Å². The van der Waals surface area contributed by atoms with Crippen LogP contribution in [0.3, 0.4) is 0 Å². The standard InChI is InChI=1S/C19H33N3O2.ClH/c23-18(7-6-15-8-11-20-12-9-15)21-17-10-13-22(14-17)19(24)16-4-2-1-3-5-16;/h15-17,20H,1-14H2,(H,21,23);1H. The lowest BCUT2D eigenvalue weighted by Crippen LogP contribution is -2.40. The SMILES string of the molecule is Cl.O=C(CCC1CCNCC1)NC1CCN(C(=O)C2CCCCC2)C1. The molecule has 3 aliphatic rings. The molecule has 3 rings (SSSR count). The van der Waals surface area contributed by atoms with E-state index in [-0.39, 0.29) is 30.3 Å². The Hall–Kier alpha value is -0.810. The van der Waals surface area contributed by atoms with Crippen molar-refractivity contribution in [1.82, 2.24) is 15.5 Å². The number of carbonyl (C=O) groups excluding carboxylic acids is 2. The van der Waals surface area contributed by atoms with Crippen molar-refractivity contribution in [2.45, 2.75) is 70.3 Å². The highest BCUT2D eigenvalue weighted by molar-refractivity contribution is 5.85. The van der Waals surface area contributed by atoms with Crippen LogP contribution in [0, 0.1) is 11.8 Å². The molecule has 1 saturated carbocycles. The van der Waals surface area contributed by atoms with E-state index >= 15 is 0 Å². The highest BCUT2D eigenvalue weighted by Gasteiger charge is 2.32. The molecule has 0 aromatic rings. The van der Waals surface area contributed by atoms with Crippen LogP contribution in [-0.2, 0) is 9.59 Å². The molecule has 1 atom stereocenters. The second-order valence-electron chi connectivity index (χ2n) is 7.90. The number of rotatable bonds is 5. The van der Waals surface area contributed by atoms with Crippen LogP contribution < -0.4 is 10.6 Å². The van der Waals surface area contributed by atoms with Gasteiger partial charge in [0.2, 0.25) is 11.8 Å². The molecule has 0 bridgehead atoms. The molecule has 0 aromatic carbocycles. The Balaban J connectivity index is 0.00000225. The van der Waals surface area contributed by atoms with E-state index < -0.39 is 0 Å². The number of amides is 2. The first-order valence-corrected chi connectivity index (χ1v) is 10.0. The van der Waals surface area contributed by atoms with Gasteiger partial charge in [0, 0.05) is 31.5 Å². The van der Waals surface area contributed by atoms with Crippen LogP contribution in [0.5, 0.6) is 0 Å². The number of piperidine rings is 1. The van der Waals surface area contributed by atoms with Gasteiger partial charge in [-0.25, -0.2) is 0 Å². The molecular formula is C19H34ClN3O2. The fourth-order valence-corrected chi connectivity index (χ4v) is 4.49. The molecule has 3 fully saturated rings. The molecule has 0 spiro atoms. The Kier molecular flexibility index (Phi) is 8.50. The summed E-state index contributed by atoms with van der Waals surface area (Å²) >= 11 is 0. The van der Waals surface area contributed by atoms with Gasteiger partial charge in [-0.1, -0.05) is 19.3 Å². The lowest BCUT2D eigenvalue weighted by atomic mass is 9.88. The van der Waals surface area contributed by atoms with E-state index in [0.29, 0.717) is 24.8 Å². The zero-order chi connectivity index (χ0) is 16.8. The number of carbonyl (C=O) groups is 2. The van der Waals surface area contributed by atoms with Crippen molar-refractivity contribution in [3.8, 4) is 0 Å². The average molecular weight is 372 g/mol. The van der Waals surface area contributed by atoms with Gasteiger partial charge in [0.25, 0.3) is 0 Å². The third kappa shape index (κ3) is 6.14. The Morgan fingerprint density at radius 2 is 1.72 bits per heavy atom.